The molecule has 1 saturated carbocycles. The summed E-state index contributed by atoms with van der Waals surface area (Å²) in [5.74, 6) is 2.22. The minimum atomic E-state index is -0.0273. The van der Waals surface area contributed by atoms with Crippen molar-refractivity contribution in [3.63, 3.8) is 0 Å². The van der Waals surface area contributed by atoms with Crippen molar-refractivity contribution in [2.24, 2.45) is 11.8 Å². The van der Waals surface area contributed by atoms with E-state index in [0.29, 0.717) is 12.3 Å². The molecule has 1 fully saturated rings. The largest absolute Gasteiger partial charge is 0.495 e. The summed E-state index contributed by atoms with van der Waals surface area (Å²) in [6.07, 6.45) is 3.88. The summed E-state index contributed by atoms with van der Waals surface area (Å²) in [6.45, 7) is 3.58. The van der Waals surface area contributed by atoms with Crippen molar-refractivity contribution >= 4 is 11.6 Å². The van der Waals surface area contributed by atoms with E-state index in [2.05, 4.69) is 17.6 Å². The monoisotopic (exact) mass is 276 g/mol. The predicted molar refractivity (Wildman–Crippen MR) is 81.0 cm³/mol. The van der Waals surface area contributed by atoms with Crippen LogP contribution in [0, 0.1) is 11.8 Å². The predicted octanol–water partition coefficient (Wildman–Crippen LogP) is 2.66. The molecule has 4 heteroatoms. The van der Waals surface area contributed by atoms with Gasteiger partial charge >= 0.3 is 0 Å². The van der Waals surface area contributed by atoms with Crippen molar-refractivity contribution in [2.75, 3.05) is 25.5 Å². The van der Waals surface area contributed by atoms with E-state index in [0.717, 1.165) is 24.1 Å². The van der Waals surface area contributed by atoms with E-state index in [1.165, 1.54) is 19.3 Å². The Morgan fingerprint density at radius 1 is 1.35 bits per heavy atom. The van der Waals surface area contributed by atoms with Crippen LogP contribution in [0.4, 0.5) is 5.69 Å². The number of carbonyl (C=O) groups is 1. The fourth-order valence-corrected chi connectivity index (χ4v) is 2.84. The van der Waals surface area contributed by atoms with Crippen LogP contribution in [0.15, 0.2) is 24.3 Å². The first kappa shape index (κ1) is 14.9. The average molecular weight is 276 g/mol. The van der Waals surface area contributed by atoms with Crippen LogP contribution in [0.3, 0.4) is 0 Å². The number of nitrogens with one attached hydrogen (secondary N) is 2. The molecule has 2 unspecified atom stereocenters. The van der Waals surface area contributed by atoms with Crippen LogP contribution in [0.5, 0.6) is 5.75 Å². The van der Waals surface area contributed by atoms with Crippen molar-refractivity contribution in [1.82, 2.24) is 5.32 Å². The average Bonchev–Trinajstić information content (AvgIpc) is 2.85. The van der Waals surface area contributed by atoms with Gasteiger partial charge in [0, 0.05) is 0 Å². The standard InChI is InChI=1S/C16H24N2O2/c1-12-7-8-13(9-12)10-17-11-16(19)18-14-5-3-4-6-15(14)20-2/h3-6,12-13,17H,7-11H2,1-2H3,(H,18,19). The second-order valence-corrected chi connectivity index (χ2v) is 5.66. The van der Waals surface area contributed by atoms with E-state index in [1.807, 2.05) is 24.3 Å². The molecule has 1 aromatic carbocycles. The topological polar surface area (TPSA) is 50.4 Å². The summed E-state index contributed by atoms with van der Waals surface area (Å²) in [7, 11) is 1.60. The molecule has 0 spiro atoms. The molecular weight excluding hydrogens is 252 g/mol. The first-order valence-electron chi connectivity index (χ1n) is 7.32. The van der Waals surface area contributed by atoms with E-state index in [4.69, 9.17) is 4.74 Å². The molecule has 0 saturated heterocycles. The number of para-hydroxylation sites is 2. The molecule has 0 aromatic heterocycles. The Morgan fingerprint density at radius 3 is 2.85 bits per heavy atom. The molecule has 2 atom stereocenters. The van der Waals surface area contributed by atoms with Gasteiger partial charge in [0.25, 0.3) is 0 Å². The molecule has 20 heavy (non-hydrogen) atoms. The van der Waals surface area contributed by atoms with Crippen molar-refractivity contribution < 1.29 is 9.53 Å². The highest BCUT2D eigenvalue weighted by Crippen LogP contribution is 2.29. The number of ether oxygens (including phenoxy) is 1. The van der Waals surface area contributed by atoms with Gasteiger partial charge < -0.3 is 15.4 Å². The van der Waals surface area contributed by atoms with Crippen molar-refractivity contribution in [3.05, 3.63) is 24.3 Å². The van der Waals surface area contributed by atoms with E-state index in [1.54, 1.807) is 7.11 Å². The minimum absolute atomic E-state index is 0.0273. The maximum Gasteiger partial charge on any atom is 0.238 e. The van der Waals surface area contributed by atoms with E-state index in [-0.39, 0.29) is 5.91 Å². The summed E-state index contributed by atoms with van der Waals surface area (Å²) in [5, 5.41) is 6.12. The Hall–Kier alpha value is -1.55. The lowest BCUT2D eigenvalue weighted by Crippen LogP contribution is -2.31. The third-order valence-electron chi connectivity index (χ3n) is 3.90. The summed E-state index contributed by atoms with van der Waals surface area (Å²) in [4.78, 5) is 11.9. The summed E-state index contributed by atoms with van der Waals surface area (Å²) < 4.78 is 5.21. The first-order chi connectivity index (χ1) is 9.69. The van der Waals surface area contributed by atoms with Gasteiger partial charge in [0.15, 0.2) is 0 Å². The zero-order chi connectivity index (χ0) is 14.4. The highest BCUT2D eigenvalue weighted by atomic mass is 16.5. The summed E-state index contributed by atoms with van der Waals surface area (Å²) >= 11 is 0. The van der Waals surface area contributed by atoms with Crippen LogP contribution in [-0.2, 0) is 4.79 Å². The van der Waals surface area contributed by atoms with Gasteiger partial charge in [-0.25, -0.2) is 0 Å². The van der Waals surface area contributed by atoms with Crippen LogP contribution < -0.4 is 15.4 Å². The molecule has 1 aliphatic rings. The Kier molecular flexibility index (Phi) is 5.41. The van der Waals surface area contributed by atoms with Crippen LogP contribution in [0.1, 0.15) is 26.2 Å². The van der Waals surface area contributed by atoms with Gasteiger partial charge in [-0.3, -0.25) is 4.79 Å². The molecule has 0 bridgehead atoms. The molecule has 0 aliphatic heterocycles. The SMILES string of the molecule is COc1ccccc1NC(=O)CNCC1CCC(C)C1. The molecule has 0 heterocycles. The van der Waals surface area contributed by atoms with Gasteiger partial charge in [0.05, 0.1) is 19.3 Å². The highest BCUT2D eigenvalue weighted by Gasteiger charge is 2.20. The number of benzene rings is 1. The number of rotatable bonds is 6. The number of methoxy groups -OCH3 is 1. The second-order valence-electron chi connectivity index (χ2n) is 5.66. The normalized spacial score (nSPS) is 21.7. The van der Waals surface area contributed by atoms with E-state index in [9.17, 15) is 4.79 Å². The molecule has 2 N–H and O–H groups in total. The molecule has 1 aliphatic carbocycles. The van der Waals surface area contributed by atoms with Crippen LogP contribution >= 0.6 is 0 Å². The number of amides is 1. The van der Waals surface area contributed by atoms with Crippen molar-refractivity contribution in [2.45, 2.75) is 26.2 Å². The number of hydrogen-bond donors (Lipinski definition) is 2. The van der Waals surface area contributed by atoms with Crippen LogP contribution in [0.2, 0.25) is 0 Å². The third kappa shape index (κ3) is 4.23. The number of anilines is 1. The Balaban J connectivity index is 1.72. The van der Waals surface area contributed by atoms with Gasteiger partial charge in [-0.2, -0.15) is 0 Å². The molecule has 1 amide bonds. The van der Waals surface area contributed by atoms with Gasteiger partial charge in [0.1, 0.15) is 5.75 Å². The Bertz CT molecular complexity index is 448. The lowest BCUT2D eigenvalue weighted by molar-refractivity contribution is -0.115. The van der Waals surface area contributed by atoms with E-state index >= 15 is 0 Å². The first-order valence-corrected chi connectivity index (χ1v) is 7.32. The Labute approximate surface area is 120 Å². The lowest BCUT2D eigenvalue weighted by Gasteiger charge is -2.12. The number of carbonyl (C=O) groups excluding carboxylic acids is 1. The molecule has 0 radical (unpaired) electrons. The number of hydrogen-bond acceptors (Lipinski definition) is 3. The molecule has 110 valence electrons. The molecule has 4 nitrogen and oxygen atoms in total. The molecule has 1 aromatic rings. The summed E-state index contributed by atoms with van der Waals surface area (Å²) in [6, 6.07) is 7.44. The van der Waals surface area contributed by atoms with Gasteiger partial charge in [0.2, 0.25) is 5.91 Å². The molecule has 2 rings (SSSR count). The van der Waals surface area contributed by atoms with E-state index < -0.39 is 0 Å². The van der Waals surface area contributed by atoms with Gasteiger partial charge in [-0.15, -0.1) is 0 Å². The van der Waals surface area contributed by atoms with Gasteiger partial charge in [-0.1, -0.05) is 25.5 Å². The summed E-state index contributed by atoms with van der Waals surface area (Å²) in [5.41, 5.74) is 0.719. The smallest absolute Gasteiger partial charge is 0.238 e. The second kappa shape index (κ2) is 7.29. The fourth-order valence-electron chi connectivity index (χ4n) is 2.84. The van der Waals surface area contributed by atoms with Crippen molar-refractivity contribution in [1.29, 1.82) is 0 Å². The minimum Gasteiger partial charge on any atom is -0.495 e. The zero-order valence-corrected chi connectivity index (χ0v) is 12.3. The molecular formula is C16H24N2O2. The van der Waals surface area contributed by atoms with Crippen LogP contribution in [0.25, 0.3) is 0 Å². The Morgan fingerprint density at radius 2 is 2.15 bits per heavy atom. The quantitative estimate of drug-likeness (QED) is 0.840. The lowest BCUT2D eigenvalue weighted by atomic mass is 10.1. The third-order valence-corrected chi connectivity index (χ3v) is 3.90. The van der Waals surface area contributed by atoms with Crippen LogP contribution in [-0.4, -0.2) is 26.1 Å². The fraction of sp³-hybridized carbons (Fsp3) is 0.562. The highest BCUT2D eigenvalue weighted by molar-refractivity contribution is 5.93. The van der Waals surface area contributed by atoms with Gasteiger partial charge in [-0.05, 0) is 43.4 Å². The maximum atomic E-state index is 11.9. The van der Waals surface area contributed by atoms with Crippen molar-refractivity contribution in [3.8, 4) is 5.75 Å². The maximum absolute atomic E-state index is 11.9. The zero-order valence-electron chi connectivity index (χ0n) is 12.3.